The molecule has 1 N–H and O–H groups in total. The molecule has 2 rings (SSSR count). The molecule has 1 aromatic heterocycles. The standard InChI is InChI=1S/C15H24N2O2/c1-11(2)14-8-12(10-16-13-4-5-13)9-15(17-14)19-7-6-18-3/h8-9,11,13,16H,4-7,10H2,1-3H3. The number of methoxy groups -OCH3 is 1. The molecule has 0 saturated heterocycles. The third-order valence-electron chi connectivity index (χ3n) is 3.18. The zero-order valence-electron chi connectivity index (χ0n) is 12.1. The van der Waals surface area contributed by atoms with Gasteiger partial charge in [-0.15, -0.1) is 0 Å². The van der Waals surface area contributed by atoms with E-state index in [1.165, 1.54) is 18.4 Å². The molecule has 1 saturated carbocycles. The molecule has 4 nitrogen and oxygen atoms in total. The maximum absolute atomic E-state index is 5.64. The lowest BCUT2D eigenvalue weighted by atomic mass is 10.1. The zero-order chi connectivity index (χ0) is 13.7. The lowest BCUT2D eigenvalue weighted by Crippen LogP contribution is -2.16. The summed E-state index contributed by atoms with van der Waals surface area (Å²) in [6, 6.07) is 4.91. The first-order valence-corrected chi connectivity index (χ1v) is 7.05. The summed E-state index contributed by atoms with van der Waals surface area (Å²) in [7, 11) is 1.67. The van der Waals surface area contributed by atoms with Gasteiger partial charge in [0.05, 0.1) is 6.61 Å². The minimum absolute atomic E-state index is 0.408. The quantitative estimate of drug-likeness (QED) is 0.733. The Labute approximate surface area is 115 Å². The van der Waals surface area contributed by atoms with Crippen LogP contribution in [-0.2, 0) is 11.3 Å². The Morgan fingerprint density at radius 1 is 1.32 bits per heavy atom. The molecular formula is C15H24N2O2. The number of rotatable bonds is 8. The summed E-state index contributed by atoms with van der Waals surface area (Å²) in [5, 5.41) is 3.53. The van der Waals surface area contributed by atoms with Gasteiger partial charge in [-0.2, -0.15) is 0 Å². The van der Waals surface area contributed by atoms with Crippen LogP contribution in [0, 0.1) is 0 Å². The first-order chi connectivity index (χ1) is 9.19. The number of pyridine rings is 1. The molecule has 4 heteroatoms. The molecule has 1 aliphatic carbocycles. The molecule has 0 spiro atoms. The van der Waals surface area contributed by atoms with Crippen molar-refractivity contribution in [2.75, 3.05) is 20.3 Å². The van der Waals surface area contributed by atoms with Gasteiger partial charge in [-0.1, -0.05) is 13.8 Å². The van der Waals surface area contributed by atoms with Crippen molar-refractivity contribution in [3.05, 3.63) is 23.4 Å². The Morgan fingerprint density at radius 2 is 2.11 bits per heavy atom. The van der Waals surface area contributed by atoms with Crippen LogP contribution in [0.4, 0.5) is 0 Å². The molecule has 0 bridgehead atoms. The Kier molecular flexibility index (Phi) is 5.16. The van der Waals surface area contributed by atoms with Crippen molar-refractivity contribution in [1.29, 1.82) is 0 Å². The van der Waals surface area contributed by atoms with Crippen LogP contribution < -0.4 is 10.1 Å². The van der Waals surface area contributed by atoms with Crippen LogP contribution >= 0.6 is 0 Å². The Balaban J connectivity index is 2.02. The van der Waals surface area contributed by atoms with Crippen molar-refractivity contribution in [2.45, 2.75) is 45.2 Å². The summed E-state index contributed by atoms with van der Waals surface area (Å²) in [4.78, 5) is 4.54. The second-order valence-corrected chi connectivity index (χ2v) is 5.39. The molecule has 1 aromatic rings. The highest BCUT2D eigenvalue weighted by Crippen LogP contribution is 2.22. The monoisotopic (exact) mass is 264 g/mol. The first kappa shape index (κ1) is 14.3. The van der Waals surface area contributed by atoms with Crippen LogP contribution in [0.3, 0.4) is 0 Å². The van der Waals surface area contributed by atoms with Gasteiger partial charge >= 0.3 is 0 Å². The van der Waals surface area contributed by atoms with Crippen LogP contribution in [0.2, 0.25) is 0 Å². The Morgan fingerprint density at radius 3 is 2.74 bits per heavy atom. The van der Waals surface area contributed by atoms with Gasteiger partial charge in [0.2, 0.25) is 5.88 Å². The van der Waals surface area contributed by atoms with Crippen LogP contribution in [0.5, 0.6) is 5.88 Å². The van der Waals surface area contributed by atoms with Gasteiger partial charge in [0.1, 0.15) is 6.61 Å². The van der Waals surface area contributed by atoms with E-state index in [1.54, 1.807) is 7.11 Å². The molecule has 0 aliphatic heterocycles. The second kappa shape index (κ2) is 6.87. The highest BCUT2D eigenvalue weighted by atomic mass is 16.5. The normalized spacial score (nSPS) is 14.9. The van der Waals surface area contributed by atoms with E-state index in [9.17, 15) is 0 Å². The summed E-state index contributed by atoms with van der Waals surface area (Å²) in [6.07, 6.45) is 2.61. The third-order valence-corrected chi connectivity index (χ3v) is 3.18. The largest absolute Gasteiger partial charge is 0.475 e. The second-order valence-electron chi connectivity index (χ2n) is 5.39. The van der Waals surface area contributed by atoms with Gasteiger partial charge in [0.15, 0.2) is 0 Å². The number of ether oxygens (including phenoxy) is 2. The van der Waals surface area contributed by atoms with Crippen LogP contribution in [0.25, 0.3) is 0 Å². The minimum Gasteiger partial charge on any atom is -0.475 e. The molecule has 1 fully saturated rings. The van der Waals surface area contributed by atoms with E-state index >= 15 is 0 Å². The van der Waals surface area contributed by atoms with E-state index in [4.69, 9.17) is 9.47 Å². The SMILES string of the molecule is COCCOc1cc(CNC2CC2)cc(C(C)C)n1. The average Bonchev–Trinajstić information content (AvgIpc) is 3.20. The van der Waals surface area contributed by atoms with Crippen LogP contribution in [0.1, 0.15) is 43.9 Å². The molecule has 0 radical (unpaired) electrons. The summed E-state index contributed by atoms with van der Waals surface area (Å²) in [5.41, 5.74) is 2.33. The van der Waals surface area contributed by atoms with Crippen molar-refractivity contribution < 1.29 is 9.47 Å². The van der Waals surface area contributed by atoms with E-state index in [0.29, 0.717) is 31.1 Å². The minimum atomic E-state index is 0.408. The van der Waals surface area contributed by atoms with E-state index in [-0.39, 0.29) is 0 Å². The van der Waals surface area contributed by atoms with Gasteiger partial charge in [0, 0.05) is 31.5 Å². The van der Waals surface area contributed by atoms with Crippen molar-refractivity contribution in [1.82, 2.24) is 10.3 Å². The fraction of sp³-hybridized carbons (Fsp3) is 0.667. The van der Waals surface area contributed by atoms with Crippen molar-refractivity contribution in [3.63, 3.8) is 0 Å². The first-order valence-electron chi connectivity index (χ1n) is 7.05. The van der Waals surface area contributed by atoms with E-state index in [1.807, 2.05) is 6.07 Å². The molecule has 106 valence electrons. The molecule has 0 atom stereocenters. The topological polar surface area (TPSA) is 43.4 Å². The molecular weight excluding hydrogens is 240 g/mol. The molecule has 0 unspecified atom stereocenters. The van der Waals surface area contributed by atoms with E-state index in [2.05, 4.69) is 30.2 Å². The van der Waals surface area contributed by atoms with Gasteiger partial charge in [-0.05, 0) is 30.4 Å². The maximum Gasteiger partial charge on any atom is 0.213 e. The number of hydrogen-bond donors (Lipinski definition) is 1. The van der Waals surface area contributed by atoms with E-state index < -0.39 is 0 Å². The summed E-state index contributed by atoms with van der Waals surface area (Å²) >= 11 is 0. The van der Waals surface area contributed by atoms with Crippen LogP contribution in [-0.4, -0.2) is 31.3 Å². The lowest BCUT2D eigenvalue weighted by molar-refractivity contribution is 0.143. The highest BCUT2D eigenvalue weighted by Gasteiger charge is 2.20. The number of nitrogens with one attached hydrogen (secondary N) is 1. The number of nitrogens with zero attached hydrogens (tertiary/aromatic N) is 1. The highest BCUT2D eigenvalue weighted by molar-refractivity contribution is 5.26. The predicted octanol–water partition coefficient (Wildman–Crippen LogP) is 2.48. The summed E-state index contributed by atoms with van der Waals surface area (Å²) in [6.45, 7) is 6.33. The van der Waals surface area contributed by atoms with Crippen molar-refractivity contribution in [2.24, 2.45) is 0 Å². The summed E-state index contributed by atoms with van der Waals surface area (Å²) in [5.74, 6) is 1.11. The smallest absolute Gasteiger partial charge is 0.213 e. The van der Waals surface area contributed by atoms with Crippen molar-refractivity contribution >= 4 is 0 Å². The maximum atomic E-state index is 5.64. The molecule has 0 amide bonds. The van der Waals surface area contributed by atoms with Gasteiger partial charge < -0.3 is 14.8 Å². The van der Waals surface area contributed by atoms with Gasteiger partial charge in [0.25, 0.3) is 0 Å². The predicted molar refractivity (Wildman–Crippen MR) is 75.6 cm³/mol. The molecule has 1 aliphatic rings. The number of aromatic nitrogens is 1. The molecule has 0 aromatic carbocycles. The lowest BCUT2D eigenvalue weighted by Gasteiger charge is -2.12. The summed E-state index contributed by atoms with van der Waals surface area (Å²) < 4.78 is 10.6. The zero-order valence-corrected chi connectivity index (χ0v) is 12.1. The fourth-order valence-electron chi connectivity index (χ4n) is 1.83. The third kappa shape index (κ3) is 4.80. The van der Waals surface area contributed by atoms with Gasteiger partial charge in [-0.25, -0.2) is 4.98 Å². The molecule has 19 heavy (non-hydrogen) atoms. The fourth-order valence-corrected chi connectivity index (χ4v) is 1.83. The van der Waals surface area contributed by atoms with Crippen LogP contribution in [0.15, 0.2) is 12.1 Å². The average molecular weight is 264 g/mol. The van der Waals surface area contributed by atoms with E-state index in [0.717, 1.165) is 12.2 Å². The Hall–Kier alpha value is -1.13. The van der Waals surface area contributed by atoms with Gasteiger partial charge in [-0.3, -0.25) is 0 Å². The Bertz CT molecular complexity index is 403. The number of hydrogen-bond acceptors (Lipinski definition) is 4. The van der Waals surface area contributed by atoms with Crippen molar-refractivity contribution in [3.8, 4) is 5.88 Å². The molecule has 1 heterocycles.